The van der Waals surface area contributed by atoms with Gasteiger partial charge in [0.15, 0.2) is 12.4 Å². The van der Waals surface area contributed by atoms with E-state index in [-0.39, 0.29) is 27.8 Å². The summed E-state index contributed by atoms with van der Waals surface area (Å²) >= 11 is 5.95. The van der Waals surface area contributed by atoms with Crippen LogP contribution in [0.2, 0.25) is 5.02 Å². The van der Waals surface area contributed by atoms with Gasteiger partial charge in [-0.15, -0.1) is 0 Å². The number of aromatic nitrogens is 2. The van der Waals surface area contributed by atoms with Gasteiger partial charge < -0.3 is 9.47 Å². The van der Waals surface area contributed by atoms with Crippen molar-refractivity contribution in [3.8, 4) is 17.3 Å². The van der Waals surface area contributed by atoms with E-state index in [2.05, 4.69) is 5.10 Å². The van der Waals surface area contributed by atoms with E-state index in [1.165, 1.54) is 25.3 Å². The minimum absolute atomic E-state index is 0.0388. The van der Waals surface area contributed by atoms with E-state index >= 15 is 0 Å². The second-order valence-corrected chi connectivity index (χ2v) is 10.1. The first-order valence-electron chi connectivity index (χ1n) is 10.2. The normalized spacial score (nSPS) is 15.0. The summed E-state index contributed by atoms with van der Waals surface area (Å²) in [5, 5.41) is 2.65. The number of fused-ring (bicyclic) bond motifs is 1. The third-order valence-electron chi connectivity index (χ3n) is 5.35. The molecule has 2 heterocycles. The van der Waals surface area contributed by atoms with Crippen molar-refractivity contribution in [2.24, 2.45) is 0 Å². The third-order valence-corrected chi connectivity index (χ3v) is 7.42. The first-order valence-corrected chi connectivity index (χ1v) is 12.0. The first-order chi connectivity index (χ1) is 16.4. The van der Waals surface area contributed by atoms with Crippen LogP contribution in [-0.4, -0.2) is 42.3 Å². The Kier molecular flexibility index (Phi) is 6.22. The summed E-state index contributed by atoms with van der Waals surface area (Å²) in [6.45, 7) is 2.64. The fourth-order valence-corrected chi connectivity index (χ4v) is 5.40. The Balaban J connectivity index is 1.76. The van der Waals surface area contributed by atoms with Crippen LogP contribution in [0, 0.1) is 0 Å². The molecule has 3 aromatic rings. The molecule has 1 aliphatic rings. The highest BCUT2D eigenvalue weighted by atomic mass is 35.5. The average molecular weight is 530 g/mol. The zero-order chi connectivity index (χ0) is 25.7. The van der Waals surface area contributed by atoms with Crippen LogP contribution in [0.15, 0.2) is 47.4 Å². The lowest BCUT2D eigenvalue weighted by atomic mass is 9.96. The van der Waals surface area contributed by atoms with Crippen molar-refractivity contribution in [1.29, 1.82) is 0 Å². The third kappa shape index (κ3) is 4.20. The molecule has 0 fully saturated rings. The van der Waals surface area contributed by atoms with E-state index in [0.717, 1.165) is 4.68 Å². The van der Waals surface area contributed by atoms with Crippen LogP contribution >= 0.6 is 11.6 Å². The van der Waals surface area contributed by atoms with Gasteiger partial charge in [0.1, 0.15) is 15.7 Å². The smallest absolute Gasteiger partial charge is 0.436 e. The van der Waals surface area contributed by atoms with Crippen LogP contribution in [0.1, 0.15) is 41.4 Å². The highest BCUT2D eigenvalue weighted by Gasteiger charge is 2.45. The van der Waals surface area contributed by atoms with Gasteiger partial charge >= 0.3 is 6.18 Å². The number of carbonyl (C=O) groups is 1. The number of alkyl halides is 3. The summed E-state index contributed by atoms with van der Waals surface area (Å²) in [5.74, 6) is -1.41. The predicted octanol–water partition coefficient (Wildman–Crippen LogP) is 4.86. The highest BCUT2D eigenvalue weighted by molar-refractivity contribution is 7.90. The SMILES string of the molecule is COc1cc(C(C)C)c2c(c1)S(=O)(=O)N(COc1c(Cl)c(C(F)(F)F)nn1-c1ccccc1)C2=O. The summed E-state index contributed by atoms with van der Waals surface area (Å²) < 4.78 is 78.7. The highest BCUT2D eigenvalue weighted by Crippen LogP contribution is 2.42. The topological polar surface area (TPSA) is 90.7 Å². The second-order valence-electron chi connectivity index (χ2n) is 7.89. The molecule has 0 N–H and O–H groups in total. The molecule has 0 bridgehead atoms. The monoisotopic (exact) mass is 529 g/mol. The first kappa shape index (κ1) is 24.9. The van der Waals surface area contributed by atoms with Gasteiger partial charge in [0.05, 0.1) is 18.4 Å². The Hall–Kier alpha value is -3.25. The number of amides is 1. The molecule has 186 valence electrons. The van der Waals surface area contributed by atoms with Crippen molar-refractivity contribution in [3.63, 3.8) is 0 Å². The molecule has 1 aliphatic heterocycles. The molecule has 0 unspecified atom stereocenters. The van der Waals surface area contributed by atoms with E-state index in [4.69, 9.17) is 21.1 Å². The average Bonchev–Trinajstić information content (AvgIpc) is 3.23. The Morgan fingerprint density at radius 1 is 1.14 bits per heavy atom. The van der Waals surface area contributed by atoms with Crippen molar-refractivity contribution >= 4 is 27.5 Å². The van der Waals surface area contributed by atoms with Gasteiger partial charge in [-0.3, -0.25) is 4.79 Å². The largest absolute Gasteiger partial charge is 0.497 e. The van der Waals surface area contributed by atoms with Crippen molar-refractivity contribution in [2.45, 2.75) is 30.8 Å². The molecule has 0 spiro atoms. The number of hydrogen-bond donors (Lipinski definition) is 0. The molecule has 1 aromatic heterocycles. The van der Waals surface area contributed by atoms with E-state index < -0.39 is 45.4 Å². The molecular formula is C22H19ClF3N3O5S. The fraction of sp³-hybridized carbons (Fsp3) is 0.273. The van der Waals surface area contributed by atoms with Crippen LogP contribution in [-0.2, 0) is 16.2 Å². The van der Waals surface area contributed by atoms with Gasteiger partial charge in [0.2, 0.25) is 5.88 Å². The Morgan fingerprint density at radius 2 is 1.80 bits per heavy atom. The Morgan fingerprint density at radius 3 is 2.37 bits per heavy atom. The van der Waals surface area contributed by atoms with E-state index in [1.807, 2.05) is 0 Å². The fourth-order valence-electron chi connectivity index (χ4n) is 3.65. The maximum absolute atomic E-state index is 13.5. The Bertz CT molecular complexity index is 1410. The lowest BCUT2D eigenvalue weighted by molar-refractivity contribution is -0.141. The van der Waals surface area contributed by atoms with Gasteiger partial charge in [-0.1, -0.05) is 43.6 Å². The predicted molar refractivity (Wildman–Crippen MR) is 120 cm³/mol. The Labute approximate surface area is 203 Å². The summed E-state index contributed by atoms with van der Waals surface area (Å²) in [6, 6.07) is 10.5. The number of sulfonamides is 1. The molecule has 1 amide bonds. The number of nitrogens with zero attached hydrogens (tertiary/aromatic N) is 3. The van der Waals surface area contributed by atoms with Crippen LogP contribution in [0.25, 0.3) is 5.69 Å². The number of benzene rings is 2. The van der Waals surface area contributed by atoms with E-state index in [0.29, 0.717) is 9.87 Å². The summed E-state index contributed by atoms with van der Waals surface area (Å²) in [5.41, 5.74) is -0.820. The van der Waals surface area contributed by atoms with Gasteiger partial charge in [-0.2, -0.15) is 27.3 Å². The quantitative estimate of drug-likeness (QED) is 0.453. The molecular weight excluding hydrogens is 511 g/mol. The maximum atomic E-state index is 13.5. The standard InChI is InChI=1S/C22H19ClF3N3O5S/c1-12(2)15-9-14(33-3)10-16-17(15)20(30)28(35(16,31)32)11-34-21-18(23)19(22(24,25)26)27-29(21)13-7-5-4-6-8-13/h4-10,12H,11H2,1-3H3. The molecule has 0 radical (unpaired) electrons. The van der Waals surface area contributed by atoms with Crippen LogP contribution in [0.4, 0.5) is 13.2 Å². The number of halogens is 4. The van der Waals surface area contributed by atoms with Crippen molar-refractivity contribution < 1.29 is 35.9 Å². The van der Waals surface area contributed by atoms with Crippen molar-refractivity contribution in [3.05, 3.63) is 64.3 Å². The van der Waals surface area contributed by atoms with Gasteiger partial charge in [-0.05, 0) is 29.7 Å². The molecule has 0 aliphatic carbocycles. The molecule has 2 aromatic carbocycles. The number of methoxy groups -OCH3 is 1. The van der Waals surface area contributed by atoms with E-state index in [9.17, 15) is 26.4 Å². The van der Waals surface area contributed by atoms with Crippen molar-refractivity contribution in [1.82, 2.24) is 14.1 Å². The molecule has 13 heteroatoms. The van der Waals surface area contributed by atoms with Gasteiger partial charge in [-0.25, -0.2) is 8.42 Å². The number of rotatable bonds is 6. The lowest BCUT2D eigenvalue weighted by Crippen LogP contribution is -2.34. The van der Waals surface area contributed by atoms with Crippen LogP contribution < -0.4 is 9.47 Å². The molecule has 0 saturated heterocycles. The van der Waals surface area contributed by atoms with Gasteiger partial charge in [0, 0.05) is 6.07 Å². The second kappa shape index (κ2) is 8.76. The van der Waals surface area contributed by atoms with Crippen LogP contribution in [0.3, 0.4) is 0 Å². The number of ether oxygens (including phenoxy) is 2. The summed E-state index contributed by atoms with van der Waals surface area (Å²) in [4.78, 5) is 12.9. The zero-order valence-electron chi connectivity index (χ0n) is 18.6. The zero-order valence-corrected chi connectivity index (χ0v) is 20.2. The summed E-state index contributed by atoms with van der Waals surface area (Å²) in [6.07, 6.45) is -4.90. The summed E-state index contributed by atoms with van der Waals surface area (Å²) in [7, 11) is -3.02. The minimum Gasteiger partial charge on any atom is -0.497 e. The van der Waals surface area contributed by atoms with Crippen molar-refractivity contribution in [2.75, 3.05) is 13.8 Å². The molecule has 35 heavy (non-hydrogen) atoms. The number of hydrogen-bond acceptors (Lipinski definition) is 6. The molecule has 4 rings (SSSR count). The van der Waals surface area contributed by atoms with E-state index in [1.54, 1.807) is 38.1 Å². The number of carbonyl (C=O) groups excluding carboxylic acids is 1. The maximum Gasteiger partial charge on any atom is 0.436 e. The van der Waals surface area contributed by atoms with Gasteiger partial charge in [0.25, 0.3) is 15.9 Å². The van der Waals surface area contributed by atoms with Crippen LogP contribution in [0.5, 0.6) is 11.6 Å². The minimum atomic E-state index is -4.90. The molecule has 8 nitrogen and oxygen atoms in total. The lowest BCUT2D eigenvalue weighted by Gasteiger charge is -2.17. The number of para-hydroxylation sites is 1. The molecule has 0 atom stereocenters. The molecule has 0 saturated carbocycles.